The second-order valence-corrected chi connectivity index (χ2v) is 6.02. The maximum absolute atomic E-state index is 13.5. The molecule has 1 aliphatic rings. The molecule has 3 rings (SSSR count). The van der Waals surface area contributed by atoms with Gasteiger partial charge in [0.2, 0.25) is 5.91 Å². The van der Waals surface area contributed by atoms with Crippen LogP contribution in [0.1, 0.15) is 12.5 Å². The highest BCUT2D eigenvalue weighted by molar-refractivity contribution is 6.30. The predicted molar refractivity (Wildman–Crippen MR) is 94.2 cm³/mol. The summed E-state index contributed by atoms with van der Waals surface area (Å²) in [6.45, 7) is 1.21. The van der Waals surface area contributed by atoms with Crippen LogP contribution in [0.3, 0.4) is 0 Å². The average molecular weight is 379 g/mol. The van der Waals surface area contributed by atoms with Crippen molar-refractivity contribution >= 4 is 40.9 Å². The fourth-order valence-electron chi connectivity index (χ4n) is 2.43. The van der Waals surface area contributed by atoms with E-state index in [1.54, 1.807) is 24.3 Å². The van der Waals surface area contributed by atoms with E-state index in [0.29, 0.717) is 16.3 Å². The molecular formula is C18H13ClF2N2O3. The first-order chi connectivity index (χ1) is 12.3. The standard InChI is InChI=1S/C18H13ClF2N2O3/c1-9(24)22-15-6-13(20)14(21)7-16(15)23-18(25)11-4-10-5-12(19)2-3-17(10)26-8-11/h2-7H,8H2,1H3,(H,22,24)(H,23,25). The van der Waals surface area contributed by atoms with E-state index in [4.69, 9.17) is 16.3 Å². The first kappa shape index (κ1) is 17.9. The van der Waals surface area contributed by atoms with Crippen LogP contribution in [0.25, 0.3) is 6.08 Å². The summed E-state index contributed by atoms with van der Waals surface area (Å²) in [5, 5.41) is 5.29. The van der Waals surface area contributed by atoms with Crippen LogP contribution in [0.4, 0.5) is 20.2 Å². The van der Waals surface area contributed by atoms with Gasteiger partial charge in [0.05, 0.1) is 16.9 Å². The predicted octanol–water partition coefficient (Wildman–Crippen LogP) is 3.99. The van der Waals surface area contributed by atoms with Crippen LogP contribution in [0.15, 0.2) is 35.9 Å². The molecule has 2 aromatic rings. The van der Waals surface area contributed by atoms with Gasteiger partial charge in [-0.15, -0.1) is 0 Å². The summed E-state index contributed by atoms with van der Waals surface area (Å²) >= 11 is 5.93. The molecule has 0 saturated carbocycles. The van der Waals surface area contributed by atoms with Crippen LogP contribution in [-0.2, 0) is 9.59 Å². The quantitative estimate of drug-likeness (QED) is 0.848. The minimum absolute atomic E-state index is 0.000384. The van der Waals surface area contributed by atoms with E-state index in [-0.39, 0.29) is 23.6 Å². The number of hydrogen-bond donors (Lipinski definition) is 2. The van der Waals surface area contributed by atoms with Crippen LogP contribution in [0.5, 0.6) is 5.75 Å². The zero-order chi connectivity index (χ0) is 18.8. The summed E-state index contributed by atoms with van der Waals surface area (Å²) in [4.78, 5) is 23.7. The molecule has 0 unspecified atom stereocenters. The number of hydrogen-bond acceptors (Lipinski definition) is 3. The van der Waals surface area contributed by atoms with Gasteiger partial charge in [-0.25, -0.2) is 8.78 Å². The zero-order valence-electron chi connectivity index (χ0n) is 13.5. The summed E-state index contributed by atoms with van der Waals surface area (Å²) in [6, 6.07) is 6.59. The highest BCUT2D eigenvalue weighted by Gasteiger charge is 2.20. The molecule has 2 amide bonds. The number of carbonyl (C=O) groups excluding carboxylic acids is 2. The van der Waals surface area contributed by atoms with E-state index in [1.165, 1.54) is 6.92 Å². The number of nitrogens with one attached hydrogen (secondary N) is 2. The molecule has 8 heteroatoms. The number of benzene rings is 2. The smallest absolute Gasteiger partial charge is 0.255 e. The molecule has 0 radical (unpaired) electrons. The lowest BCUT2D eigenvalue weighted by atomic mass is 10.1. The second-order valence-electron chi connectivity index (χ2n) is 5.59. The Balaban J connectivity index is 1.89. The van der Waals surface area contributed by atoms with Gasteiger partial charge in [0.15, 0.2) is 11.6 Å². The molecule has 0 saturated heterocycles. The van der Waals surface area contributed by atoms with E-state index < -0.39 is 23.4 Å². The summed E-state index contributed by atoms with van der Waals surface area (Å²) in [5.41, 5.74) is 0.770. The molecule has 2 N–H and O–H groups in total. The number of carbonyl (C=O) groups is 2. The molecule has 0 bridgehead atoms. The lowest BCUT2D eigenvalue weighted by molar-refractivity contribution is -0.114. The first-order valence-corrected chi connectivity index (χ1v) is 7.92. The van der Waals surface area contributed by atoms with Crippen LogP contribution in [-0.4, -0.2) is 18.4 Å². The van der Waals surface area contributed by atoms with Crippen molar-refractivity contribution in [3.05, 3.63) is 58.1 Å². The molecule has 0 atom stereocenters. The third-order valence-electron chi connectivity index (χ3n) is 3.60. The molecule has 0 aliphatic carbocycles. The summed E-state index contributed by atoms with van der Waals surface area (Å²) in [6.07, 6.45) is 1.60. The van der Waals surface area contributed by atoms with E-state index in [0.717, 1.165) is 12.1 Å². The van der Waals surface area contributed by atoms with Crippen LogP contribution < -0.4 is 15.4 Å². The van der Waals surface area contributed by atoms with Crippen LogP contribution in [0, 0.1) is 11.6 Å². The largest absolute Gasteiger partial charge is 0.488 e. The van der Waals surface area contributed by atoms with Gasteiger partial charge in [0.1, 0.15) is 12.4 Å². The first-order valence-electron chi connectivity index (χ1n) is 7.54. The van der Waals surface area contributed by atoms with Crippen molar-refractivity contribution in [3.63, 3.8) is 0 Å². The maximum Gasteiger partial charge on any atom is 0.255 e. The normalized spacial score (nSPS) is 12.5. The fourth-order valence-corrected chi connectivity index (χ4v) is 2.61. The molecule has 134 valence electrons. The van der Waals surface area contributed by atoms with Gasteiger partial charge in [0, 0.05) is 29.6 Å². The van der Waals surface area contributed by atoms with E-state index >= 15 is 0 Å². The number of halogens is 3. The number of amides is 2. The summed E-state index contributed by atoms with van der Waals surface area (Å²) < 4.78 is 32.5. The van der Waals surface area contributed by atoms with Gasteiger partial charge in [-0.1, -0.05) is 11.6 Å². The van der Waals surface area contributed by atoms with Crippen LogP contribution in [0.2, 0.25) is 5.02 Å². The Bertz CT molecular complexity index is 944. The van der Waals surface area contributed by atoms with Gasteiger partial charge < -0.3 is 15.4 Å². The van der Waals surface area contributed by atoms with Crippen molar-refractivity contribution < 1.29 is 23.1 Å². The molecule has 0 fully saturated rings. The fraction of sp³-hybridized carbons (Fsp3) is 0.111. The lowest BCUT2D eigenvalue weighted by Gasteiger charge is -2.18. The summed E-state index contributed by atoms with van der Waals surface area (Å²) in [7, 11) is 0. The van der Waals surface area contributed by atoms with E-state index in [9.17, 15) is 18.4 Å². The molecule has 0 spiro atoms. The van der Waals surface area contributed by atoms with Crippen molar-refractivity contribution in [1.29, 1.82) is 0 Å². The third kappa shape index (κ3) is 3.83. The molecular weight excluding hydrogens is 366 g/mol. The van der Waals surface area contributed by atoms with Crippen molar-refractivity contribution in [2.75, 3.05) is 17.2 Å². The zero-order valence-corrected chi connectivity index (χ0v) is 14.3. The molecule has 0 aromatic heterocycles. The van der Waals surface area contributed by atoms with Gasteiger partial charge in [0.25, 0.3) is 5.91 Å². The Morgan fingerprint density at radius 3 is 2.38 bits per heavy atom. The Morgan fingerprint density at radius 1 is 1.08 bits per heavy atom. The lowest BCUT2D eigenvalue weighted by Crippen LogP contribution is -2.22. The molecule has 5 nitrogen and oxygen atoms in total. The minimum atomic E-state index is -1.15. The van der Waals surface area contributed by atoms with Crippen LogP contribution >= 0.6 is 11.6 Å². The second kappa shape index (κ2) is 7.13. The molecule has 2 aromatic carbocycles. The summed E-state index contributed by atoms with van der Waals surface area (Å²) in [5.74, 6) is -2.78. The highest BCUT2D eigenvalue weighted by Crippen LogP contribution is 2.30. The monoisotopic (exact) mass is 378 g/mol. The van der Waals surface area contributed by atoms with Gasteiger partial charge in [-0.05, 0) is 24.3 Å². The van der Waals surface area contributed by atoms with E-state index in [1.807, 2.05) is 0 Å². The van der Waals surface area contributed by atoms with Crippen molar-refractivity contribution in [1.82, 2.24) is 0 Å². The van der Waals surface area contributed by atoms with Gasteiger partial charge in [-0.3, -0.25) is 9.59 Å². The Kier molecular flexibility index (Phi) is 4.90. The third-order valence-corrected chi connectivity index (χ3v) is 3.83. The minimum Gasteiger partial charge on any atom is -0.488 e. The van der Waals surface area contributed by atoms with Crippen molar-refractivity contribution in [3.8, 4) is 5.75 Å². The number of rotatable bonds is 3. The molecule has 26 heavy (non-hydrogen) atoms. The highest BCUT2D eigenvalue weighted by atomic mass is 35.5. The topological polar surface area (TPSA) is 67.4 Å². The Hall–Kier alpha value is -2.93. The Morgan fingerprint density at radius 2 is 1.73 bits per heavy atom. The van der Waals surface area contributed by atoms with Gasteiger partial charge >= 0.3 is 0 Å². The number of anilines is 2. The molecule has 1 heterocycles. The Labute approximate surface area is 152 Å². The average Bonchev–Trinajstić information content (AvgIpc) is 2.58. The molecule has 1 aliphatic heterocycles. The SMILES string of the molecule is CC(=O)Nc1cc(F)c(F)cc1NC(=O)C1=Cc2cc(Cl)ccc2OC1. The van der Waals surface area contributed by atoms with Gasteiger partial charge in [-0.2, -0.15) is 0 Å². The maximum atomic E-state index is 13.5. The van der Waals surface area contributed by atoms with Crippen molar-refractivity contribution in [2.45, 2.75) is 6.92 Å². The number of fused-ring (bicyclic) bond motifs is 1. The number of ether oxygens (including phenoxy) is 1. The van der Waals surface area contributed by atoms with Crippen molar-refractivity contribution in [2.24, 2.45) is 0 Å². The van der Waals surface area contributed by atoms with E-state index in [2.05, 4.69) is 10.6 Å².